The number of fused-ring (bicyclic) bond motifs is 1. The summed E-state index contributed by atoms with van der Waals surface area (Å²) in [7, 11) is 0. The van der Waals surface area contributed by atoms with Crippen LogP contribution in [-0.4, -0.2) is 28.3 Å². The van der Waals surface area contributed by atoms with E-state index < -0.39 is 17.8 Å². The van der Waals surface area contributed by atoms with E-state index in [0.717, 1.165) is 53.3 Å². The molecule has 3 aromatic rings. The number of aromatic nitrogens is 1. The van der Waals surface area contributed by atoms with Crippen LogP contribution in [0.2, 0.25) is 0 Å². The maximum Gasteiger partial charge on any atom is 0.328 e. The predicted octanol–water partition coefficient (Wildman–Crippen LogP) is 4.04. The van der Waals surface area contributed by atoms with Gasteiger partial charge in [-0.25, -0.2) is 4.79 Å². The van der Waals surface area contributed by atoms with E-state index in [-0.39, 0.29) is 11.5 Å². The average Bonchev–Trinajstić information content (AvgIpc) is 3.33. The Morgan fingerprint density at radius 2 is 1.71 bits per heavy atom. The molecule has 2 aliphatic rings. The molecule has 3 heterocycles. The van der Waals surface area contributed by atoms with E-state index in [1.165, 1.54) is 11.0 Å². The molecule has 5 amide bonds. The van der Waals surface area contributed by atoms with Crippen LogP contribution in [0.4, 0.5) is 10.5 Å². The normalized spacial score (nSPS) is 15.4. The Balaban J connectivity index is 1.60. The summed E-state index contributed by atoms with van der Waals surface area (Å²) >= 11 is 1.62. The number of nitrogens with zero attached hydrogens (tertiary/aromatic N) is 1. The van der Waals surface area contributed by atoms with Crippen molar-refractivity contribution < 1.29 is 19.2 Å². The summed E-state index contributed by atoms with van der Waals surface area (Å²) < 4.78 is 2.01. The van der Waals surface area contributed by atoms with Crippen LogP contribution in [0.15, 0.2) is 42.0 Å². The first kappa shape index (κ1) is 22.8. The number of rotatable bonds is 4. The van der Waals surface area contributed by atoms with Crippen molar-refractivity contribution >= 4 is 46.9 Å². The van der Waals surface area contributed by atoms with Crippen molar-refractivity contribution in [3.05, 3.63) is 74.9 Å². The van der Waals surface area contributed by atoms with Crippen molar-refractivity contribution in [2.75, 3.05) is 5.32 Å². The second-order valence-electron chi connectivity index (χ2n) is 8.67. The summed E-state index contributed by atoms with van der Waals surface area (Å²) in [4.78, 5) is 50.6. The Morgan fingerprint density at radius 3 is 2.43 bits per heavy atom. The number of carbonyl (C=O) groups excluding carboxylic acids is 4. The van der Waals surface area contributed by atoms with Crippen molar-refractivity contribution in [2.45, 2.75) is 39.5 Å². The minimum absolute atomic E-state index is 0.141. The van der Waals surface area contributed by atoms with Crippen molar-refractivity contribution in [3.63, 3.8) is 0 Å². The third-order valence-electron chi connectivity index (χ3n) is 6.33. The highest BCUT2D eigenvalue weighted by atomic mass is 32.1. The molecule has 0 unspecified atom stereocenters. The Hall–Kier alpha value is -3.98. The van der Waals surface area contributed by atoms with E-state index in [4.69, 9.17) is 0 Å². The number of thiophene rings is 1. The summed E-state index contributed by atoms with van der Waals surface area (Å²) in [6, 6.07) is 10.4. The lowest BCUT2D eigenvalue weighted by Gasteiger charge is -2.15. The SMILES string of the molecule is Cc1cc(C=C2C(=O)NC(=O)NC2=O)c(C)n1-c1sc2c(c1C(=O)Nc1ccccc1)CCCC2. The van der Waals surface area contributed by atoms with E-state index in [0.29, 0.717) is 11.1 Å². The van der Waals surface area contributed by atoms with E-state index >= 15 is 0 Å². The van der Waals surface area contributed by atoms with Crippen molar-refractivity contribution in [1.29, 1.82) is 0 Å². The van der Waals surface area contributed by atoms with Gasteiger partial charge in [-0.3, -0.25) is 25.0 Å². The molecule has 1 fully saturated rings. The second-order valence-corrected chi connectivity index (χ2v) is 9.75. The average molecular weight is 489 g/mol. The number of amides is 5. The molecule has 0 saturated carbocycles. The van der Waals surface area contributed by atoms with Crippen LogP contribution in [-0.2, 0) is 22.4 Å². The molecule has 0 spiro atoms. The quantitative estimate of drug-likeness (QED) is 0.380. The molecule has 1 saturated heterocycles. The summed E-state index contributed by atoms with van der Waals surface area (Å²) in [6.45, 7) is 3.82. The third-order valence-corrected chi connectivity index (χ3v) is 7.60. The first-order chi connectivity index (χ1) is 16.8. The van der Waals surface area contributed by atoms with Gasteiger partial charge in [0.05, 0.1) is 5.56 Å². The topological polar surface area (TPSA) is 109 Å². The zero-order chi connectivity index (χ0) is 24.7. The lowest BCUT2D eigenvalue weighted by Crippen LogP contribution is -2.51. The maximum atomic E-state index is 13.5. The van der Waals surface area contributed by atoms with Crippen molar-refractivity contribution in [1.82, 2.24) is 15.2 Å². The summed E-state index contributed by atoms with van der Waals surface area (Å²) in [5, 5.41) is 8.06. The molecule has 1 aromatic carbocycles. The Bertz CT molecular complexity index is 1390. The monoisotopic (exact) mass is 488 g/mol. The summed E-state index contributed by atoms with van der Waals surface area (Å²) in [5.74, 6) is -1.63. The first-order valence-corrected chi connectivity index (χ1v) is 12.2. The number of imide groups is 2. The Labute approximate surface area is 206 Å². The van der Waals surface area contributed by atoms with Crippen LogP contribution in [0.3, 0.4) is 0 Å². The highest BCUT2D eigenvalue weighted by Crippen LogP contribution is 2.39. The fraction of sp³-hybridized carbons (Fsp3) is 0.231. The number of urea groups is 1. The summed E-state index contributed by atoms with van der Waals surface area (Å²) in [6.07, 6.45) is 5.41. The number of aryl methyl sites for hydroxylation is 2. The van der Waals surface area contributed by atoms with E-state index in [1.807, 2.05) is 54.8 Å². The zero-order valence-corrected chi connectivity index (χ0v) is 20.2. The van der Waals surface area contributed by atoms with E-state index in [2.05, 4.69) is 16.0 Å². The predicted molar refractivity (Wildman–Crippen MR) is 134 cm³/mol. The third kappa shape index (κ3) is 4.19. The zero-order valence-electron chi connectivity index (χ0n) is 19.4. The molecular formula is C26H24N4O4S. The van der Waals surface area contributed by atoms with Crippen LogP contribution in [0.1, 0.15) is 50.6 Å². The van der Waals surface area contributed by atoms with Crippen molar-refractivity contribution in [3.8, 4) is 5.00 Å². The fourth-order valence-electron chi connectivity index (χ4n) is 4.67. The van der Waals surface area contributed by atoms with Gasteiger partial charge < -0.3 is 9.88 Å². The van der Waals surface area contributed by atoms with Gasteiger partial charge >= 0.3 is 6.03 Å². The largest absolute Gasteiger partial charge is 0.328 e. The molecular weight excluding hydrogens is 464 g/mol. The van der Waals surface area contributed by atoms with Gasteiger partial charge in [0.1, 0.15) is 10.6 Å². The molecule has 3 N–H and O–H groups in total. The molecule has 9 heteroatoms. The van der Waals surface area contributed by atoms with Gasteiger partial charge in [-0.2, -0.15) is 0 Å². The van der Waals surface area contributed by atoms with Gasteiger partial charge in [0, 0.05) is 22.0 Å². The van der Waals surface area contributed by atoms with Crippen LogP contribution in [0.25, 0.3) is 11.1 Å². The van der Waals surface area contributed by atoms with Gasteiger partial charge in [0.2, 0.25) is 0 Å². The molecule has 1 aliphatic heterocycles. The number of hydrogen-bond donors (Lipinski definition) is 3. The standard InChI is InChI=1S/C26H24N4O4S/c1-14-12-16(13-19-22(31)28-26(34)29-23(19)32)15(2)30(14)25-21(18-10-6-7-11-20(18)35-25)24(33)27-17-8-4-3-5-9-17/h3-5,8-9,12-13H,6-7,10-11H2,1-2H3,(H,27,33)(H2,28,29,31,32,34). The number of hydrogen-bond acceptors (Lipinski definition) is 5. The number of nitrogens with one attached hydrogen (secondary N) is 3. The molecule has 5 rings (SSSR count). The molecule has 1 aliphatic carbocycles. The molecule has 2 aromatic heterocycles. The van der Waals surface area contributed by atoms with Crippen molar-refractivity contribution in [2.24, 2.45) is 0 Å². The first-order valence-electron chi connectivity index (χ1n) is 11.4. The van der Waals surface area contributed by atoms with Gasteiger partial charge in [0.15, 0.2) is 0 Å². The van der Waals surface area contributed by atoms with E-state index in [1.54, 1.807) is 11.3 Å². The molecule has 0 bridgehead atoms. The molecule has 0 radical (unpaired) electrons. The van der Waals surface area contributed by atoms with Gasteiger partial charge in [-0.1, -0.05) is 18.2 Å². The van der Waals surface area contributed by atoms with Gasteiger partial charge in [-0.05, 0) is 74.9 Å². The fourth-order valence-corrected chi connectivity index (χ4v) is 6.16. The minimum atomic E-state index is -0.833. The van der Waals surface area contributed by atoms with Gasteiger partial charge in [0.25, 0.3) is 17.7 Å². The van der Waals surface area contributed by atoms with Crippen LogP contribution < -0.4 is 16.0 Å². The minimum Gasteiger partial charge on any atom is -0.322 e. The molecule has 35 heavy (non-hydrogen) atoms. The van der Waals surface area contributed by atoms with Gasteiger partial charge in [-0.15, -0.1) is 11.3 Å². The second kappa shape index (κ2) is 8.99. The number of carbonyl (C=O) groups is 4. The highest BCUT2D eigenvalue weighted by molar-refractivity contribution is 7.15. The lowest BCUT2D eigenvalue weighted by atomic mass is 9.95. The van der Waals surface area contributed by atoms with Crippen LogP contribution in [0, 0.1) is 13.8 Å². The Kier molecular flexibility index (Phi) is 5.86. The van der Waals surface area contributed by atoms with Crippen LogP contribution >= 0.6 is 11.3 Å². The van der Waals surface area contributed by atoms with E-state index in [9.17, 15) is 19.2 Å². The number of barbiturate groups is 1. The smallest absolute Gasteiger partial charge is 0.322 e. The highest BCUT2D eigenvalue weighted by Gasteiger charge is 2.30. The number of anilines is 1. The summed E-state index contributed by atoms with van der Waals surface area (Å²) in [5.41, 5.74) is 4.69. The number of para-hydroxylation sites is 1. The van der Waals surface area contributed by atoms with Crippen LogP contribution in [0.5, 0.6) is 0 Å². The molecule has 8 nitrogen and oxygen atoms in total. The molecule has 0 atom stereocenters. The molecule has 178 valence electrons. The maximum absolute atomic E-state index is 13.5. The number of benzene rings is 1. The lowest BCUT2D eigenvalue weighted by molar-refractivity contribution is -0.123. The Morgan fingerprint density at radius 1 is 1.03 bits per heavy atom.